The molecule has 0 saturated carbocycles. The van der Waals surface area contributed by atoms with Gasteiger partial charge >= 0.3 is 5.69 Å². The van der Waals surface area contributed by atoms with Crippen molar-refractivity contribution in [1.82, 2.24) is 4.98 Å². The van der Waals surface area contributed by atoms with Crippen molar-refractivity contribution in [3.8, 4) is 0 Å². The molecule has 0 spiro atoms. The predicted molar refractivity (Wildman–Crippen MR) is 65.1 cm³/mol. The van der Waals surface area contributed by atoms with Crippen LogP contribution in [0, 0.1) is 13.7 Å². The maximum atomic E-state index is 12.7. The van der Waals surface area contributed by atoms with Gasteiger partial charge in [0.05, 0.1) is 21.6 Å². The first-order chi connectivity index (χ1) is 7.49. The van der Waals surface area contributed by atoms with E-state index in [2.05, 4.69) is 4.98 Å². The van der Waals surface area contributed by atoms with E-state index in [1.807, 2.05) is 22.6 Å². The van der Waals surface area contributed by atoms with Crippen LogP contribution < -0.4 is 10.6 Å². The highest BCUT2D eigenvalue weighted by atomic mass is 127. The number of rotatable bonds is 2. The van der Waals surface area contributed by atoms with E-state index >= 15 is 0 Å². The maximum absolute atomic E-state index is 12.7. The summed E-state index contributed by atoms with van der Waals surface area (Å²) in [6, 6.07) is 1.54. The van der Waals surface area contributed by atoms with Gasteiger partial charge in [0.25, 0.3) is 0 Å². The van der Waals surface area contributed by atoms with Crippen LogP contribution in [0.2, 0.25) is 0 Å². The number of alkyl halides is 1. The zero-order valence-corrected chi connectivity index (χ0v) is 10.2. The molecule has 1 aliphatic rings. The summed E-state index contributed by atoms with van der Waals surface area (Å²) in [5.41, 5.74) is 5.30. The normalized spacial score (nSPS) is 16.0. The number of aromatic nitrogens is 1. The van der Waals surface area contributed by atoms with Crippen LogP contribution in [-0.4, -0.2) is 29.2 Å². The van der Waals surface area contributed by atoms with Crippen LogP contribution >= 0.6 is 22.6 Å². The molecule has 1 aromatic rings. The second-order valence-electron chi connectivity index (χ2n) is 3.46. The van der Waals surface area contributed by atoms with Gasteiger partial charge in [0, 0.05) is 6.07 Å². The molecule has 6 nitrogen and oxygen atoms in total. The molecule has 1 aliphatic heterocycles. The van der Waals surface area contributed by atoms with Gasteiger partial charge in [-0.3, -0.25) is 10.1 Å². The van der Waals surface area contributed by atoms with Crippen molar-refractivity contribution >= 4 is 39.9 Å². The Morgan fingerprint density at radius 2 is 2.31 bits per heavy atom. The molecular formula is C8H8FIN4O2. The van der Waals surface area contributed by atoms with E-state index < -0.39 is 11.1 Å². The lowest BCUT2D eigenvalue weighted by atomic mass is 10.2. The fraction of sp³-hybridized carbons (Fsp3) is 0.375. The molecule has 2 rings (SSSR count). The van der Waals surface area contributed by atoms with Crippen LogP contribution in [0.15, 0.2) is 6.07 Å². The summed E-state index contributed by atoms with van der Waals surface area (Å²) in [4.78, 5) is 15.7. The summed E-state index contributed by atoms with van der Waals surface area (Å²) in [6.07, 6.45) is -0.851. The van der Waals surface area contributed by atoms with Gasteiger partial charge in [-0.2, -0.15) is 0 Å². The lowest BCUT2D eigenvalue weighted by molar-refractivity contribution is -0.385. The van der Waals surface area contributed by atoms with E-state index in [1.54, 1.807) is 11.0 Å². The van der Waals surface area contributed by atoms with Gasteiger partial charge in [-0.25, -0.2) is 9.37 Å². The second kappa shape index (κ2) is 4.00. The molecule has 1 fully saturated rings. The minimum absolute atomic E-state index is 0.130. The number of nitro groups is 1. The van der Waals surface area contributed by atoms with E-state index in [0.717, 1.165) is 0 Å². The molecule has 16 heavy (non-hydrogen) atoms. The number of pyridine rings is 1. The van der Waals surface area contributed by atoms with Gasteiger partial charge < -0.3 is 10.6 Å². The van der Waals surface area contributed by atoms with Crippen LogP contribution in [0.25, 0.3) is 0 Å². The topological polar surface area (TPSA) is 85.3 Å². The molecule has 1 saturated heterocycles. The molecule has 0 aliphatic carbocycles. The maximum Gasteiger partial charge on any atom is 0.324 e. The zero-order chi connectivity index (χ0) is 11.9. The van der Waals surface area contributed by atoms with Crippen LogP contribution in [0.4, 0.5) is 21.7 Å². The molecule has 86 valence electrons. The Balaban J connectivity index is 2.34. The van der Waals surface area contributed by atoms with Crippen molar-refractivity contribution in [2.45, 2.75) is 6.17 Å². The summed E-state index contributed by atoms with van der Waals surface area (Å²) in [7, 11) is 0. The number of nitrogen functional groups attached to an aromatic ring is 1. The molecule has 0 amide bonds. The van der Waals surface area contributed by atoms with Crippen LogP contribution in [0.5, 0.6) is 0 Å². The number of hydrogen-bond acceptors (Lipinski definition) is 5. The summed E-state index contributed by atoms with van der Waals surface area (Å²) >= 11 is 1.82. The number of halogens is 2. The third-order valence-corrected chi connectivity index (χ3v) is 3.13. The molecule has 0 atom stereocenters. The Kier molecular flexibility index (Phi) is 2.82. The van der Waals surface area contributed by atoms with Crippen molar-refractivity contribution in [3.05, 3.63) is 19.8 Å². The molecule has 0 bridgehead atoms. The first-order valence-corrected chi connectivity index (χ1v) is 5.56. The monoisotopic (exact) mass is 338 g/mol. The fourth-order valence-electron chi connectivity index (χ4n) is 1.47. The van der Waals surface area contributed by atoms with Gasteiger partial charge in [0.2, 0.25) is 5.82 Å². The third-order valence-electron chi connectivity index (χ3n) is 2.30. The summed E-state index contributed by atoms with van der Waals surface area (Å²) < 4.78 is 13.1. The minimum Gasteiger partial charge on any atom is -0.378 e. The van der Waals surface area contributed by atoms with Crippen molar-refractivity contribution < 1.29 is 9.31 Å². The van der Waals surface area contributed by atoms with Crippen LogP contribution in [0.3, 0.4) is 0 Å². The first-order valence-electron chi connectivity index (χ1n) is 4.48. The van der Waals surface area contributed by atoms with Crippen molar-refractivity contribution in [3.63, 3.8) is 0 Å². The number of anilines is 2. The quantitative estimate of drug-likeness (QED) is 0.500. The molecule has 1 aromatic heterocycles. The van der Waals surface area contributed by atoms with Gasteiger partial charge in [0.15, 0.2) is 0 Å². The Labute approximate surface area is 104 Å². The highest BCUT2D eigenvalue weighted by Crippen LogP contribution is 2.31. The highest BCUT2D eigenvalue weighted by Gasteiger charge is 2.29. The highest BCUT2D eigenvalue weighted by molar-refractivity contribution is 14.1. The number of hydrogen-bond donors (Lipinski definition) is 1. The van der Waals surface area contributed by atoms with Crippen molar-refractivity contribution in [2.75, 3.05) is 23.7 Å². The van der Waals surface area contributed by atoms with E-state index in [0.29, 0.717) is 9.39 Å². The van der Waals surface area contributed by atoms with E-state index in [4.69, 9.17) is 5.73 Å². The summed E-state index contributed by atoms with van der Waals surface area (Å²) in [5.74, 6) is 0.357. The smallest absolute Gasteiger partial charge is 0.324 e. The molecule has 2 heterocycles. The van der Waals surface area contributed by atoms with E-state index in [9.17, 15) is 14.5 Å². The van der Waals surface area contributed by atoms with Gasteiger partial charge in [-0.05, 0) is 22.6 Å². The van der Waals surface area contributed by atoms with Gasteiger partial charge in [0.1, 0.15) is 12.0 Å². The average molecular weight is 338 g/mol. The summed E-state index contributed by atoms with van der Waals surface area (Å²) in [5, 5.41) is 10.7. The van der Waals surface area contributed by atoms with Crippen molar-refractivity contribution in [2.24, 2.45) is 0 Å². The van der Waals surface area contributed by atoms with Gasteiger partial charge in [-0.15, -0.1) is 0 Å². The molecule has 0 unspecified atom stereocenters. The second-order valence-corrected chi connectivity index (χ2v) is 4.62. The Morgan fingerprint density at radius 1 is 1.69 bits per heavy atom. The van der Waals surface area contributed by atoms with Crippen molar-refractivity contribution in [1.29, 1.82) is 0 Å². The van der Waals surface area contributed by atoms with E-state index in [-0.39, 0.29) is 24.6 Å². The number of nitrogens with two attached hydrogens (primary N) is 1. The Bertz CT molecular complexity index is 427. The zero-order valence-electron chi connectivity index (χ0n) is 8.06. The molecule has 0 radical (unpaired) electrons. The van der Waals surface area contributed by atoms with E-state index in [1.165, 1.54) is 0 Å². The third kappa shape index (κ3) is 1.88. The molecule has 2 N–H and O–H groups in total. The number of nitrogens with zero attached hydrogens (tertiary/aromatic N) is 3. The fourth-order valence-corrected chi connectivity index (χ4v) is 2.22. The van der Waals surface area contributed by atoms with Gasteiger partial charge in [-0.1, -0.05) is 0 Å². The Morgan fingerprint density at radius 3 is 2.75 bits per heavy atom. The SMILES string of the molecule is Nc1nc(N2CC(F)C2)cc(I)c1[N+](=O)[O-]. The lowest BCUT2D eigenvalue weighted by Gasteiger charge is -2.35. The lowest BCUT2D eigenvalue weighted by Crippen LogP contribution is -2.48. The van der Waals surface area contributed by atoms with Crippen LogP contribution in [0.1, 0.15) is 0 Å². The van der Waals surface area contributed by atoms with Crippen LogP contribution in [-0.2, 0) is 0 Å². The average Bonchev–Trinajstić information content (AvgIpc) is 2.10. The Hall–Kier alpha value is -1.19. The summed E-state index contributed by atoms with van der Waals surface area (Å²) in [6.45, 7) is 0.528. The molecule has 0 aromatic carbocycles. The largest absolute Gasteiger partial charge is 0.378 e. The molecular weight excluding hydrogens is 330 g/mol. The first kappa shape index (κ1) is 11.3. The standard InChI is InChI=1S/C8H8FIN4O2/c9-4-2-13(3-4)6-1-5(10)7(14(15)16)8(11)12-6/h1,4H,2-3H2,(H2,11,12). The minimum atomic E-state index is -0.851. The molecule has 8 heteroatoms. The predicted octanol–water partition coefficient (Wildman–Crippen LogP) is 1.33.